The lowest BCUT2D eigenvalue weighted by Gasteiger charge is -2.12. The van der Waals surface area contributed by atoms with E-state index in [4.69, 9.17) is 0 Å². The molecule has 0 amide bonds. The lowest BCUT2D eigenvalue weighted by molar-refractivity contribution is 0.208. The quantitative estimate of drug-likeness (QED) is 0.862. The van der Waals surface area contributed by atoms with Crippen molar-refractivity contribution in [2.24, 2.45) is 0 Å². The molecule has 0 saturated heterocycles. The fraction of sp³-hybridized carbons (Fsp3) is 0.0833. The highest BCUT2D eigenvalue weighted by atomic mass is 79.9. The molecule has 0 radical (unpaired) electrons. The summed E-state index contributed by atoms with van der Waals surface area (Å²) in [5, 5.41) is 9.87. The molecule has 0 bridgehead atoms. The molecule has 1 N–H and O–H groups in total. The lowest BCUT2D eigenvalue weighted by Crippen LogP contribution is -2.07. The van der Waals surface area contributed by atoms with E-state index in [-0.39, 0.29) is 11.3 Å². The minimum Gasteiger partial charge on any atom is -0.382 e. The SMILES string of the molecule is OC(c1ccc(Br)cn1)c1ccc(F)c(F)c1F. The molecule has 0 spiro atoms. The number of rotatable bonds is 2. The molecule has 1 unspecified atom stereocenters. The molecule has 1 heterocycles. The van der Waals surface area contributed by atoms with E-state index >= 15 is 0 Å². The van der Waals surface area contributed by atoms with Gasteiger partial charge >= 0.3 is 0 Å². The van der Waals surface area contributed by atoms with Crippen molar-refractivity contribution < 1.29 is 18.3 Å². The van der Waals surface area contributed by atoms with E-state index in [0.29, 0.717) is 4.47 Å². The molecule has 6 heteroatoms. The van der Waals surface area contributed by atoms with Crippen LogP contribution in [-0.2, 0) is 0 Å². The zero-order valence-electron chi connectivity index (χ0n) is 8.87. The van der Waals surface area contributed by atoms with Crippen molar-refractivity contribution in [1.82, 2.24) is 4.98 Å². The van der Waals surface area contributed by atoms with Crippen molar-refractivity contribution in [3.05, 3.63) is 63.6 Å². The summed E-state index contributed by atoms with van der Waals surface area (Å²) in [7, 11) is 0. The van der Waals surface area contributed by atoms with Gasteiger partial charge in [0.15, 0.2) is 17.5 Å². The van der Waals surface area contributed by atoms with E-state index in [9.17, 15) is 18.3 Å². The van der Waals surface area contributed by atoms with Crippen LogP contribution in [0.5, 0.6) is 0 Å². The summed E-state index contributed by atoms with van der Waals surface area (Å²) in [6.45, 7) is 0. The molecule has 0 aliphatic rings. The van der Waals surface area contributed by atoms with Crippen LogP contribution in [-0.4, -0.2) is 10.1 Å². The Morgan fingerprint density at radius 1 is 1.06 bits per heavy atom. The van der Waals surface area contributed by atoms with Crippen LogP contribution in [0.4, 0.5) is 13.2 Å². The van der Waals surface area contributed by atoms with Gasteiger partial charge in [-0.05, 0) is 40.2 Å². The zero-order valence-corrected chi connectivity index (χ0v) is 10.5. The number of aliphatic hydroxyl groups excluding tert-OH is 1. The van der Waals surface area contributed by atoms with E-state index < -0.39 is 23.6 Å². The second-order valence-electron chi connectivity index (χ2n) is 3.57. The van der Waals surface area contributed by atoms with Crippen LogP contribution in [0.3, 0.4) is 0 Å². The number of halogens is 4. The molecule has 94 valence electrons. The third-order valence-electron chi connectivity index (χ3n) is 2.39. The molecular weight excluding hydrogens is 311 g/mol. The Hall–Kier alpha value is -1.40. The van der Waals surface area contributed by atoms with Crippen molar-refractivity contribution in [1.29, 1.82) is 0 Å². The average Bonchev–Trinajstić information content (AvgIpc) is 2.36. The molecule has 18 heavy (non-hydrogen) atoms. The van der Waals surface area contributed by atoms with Gasteiger partial charge in [-0.1, -0.05) is 0 Å². The molecule has 0 aliphatic carbocycles. The average molecular weight is 318 g/mol. The number of aromatic nitrogens is 1. The van der Waals surface area contributed by atoms with Crippen LogP contribution < -0.4 is 0 Å². The normalized spacial score (nSPS) is 12.5. The Bertz CT molecular complexity index is 574. The topological polar surface area (TPSA) is 33.1 Å². The number of aliphatic hydroxyl groups is 1. The predicted molar refractivity (Wildman–Crippen MR) is 62.3 cm³/mol. The summed E-state index contributed by atoms with van der Waals surface area (Å²) in [6, 6.07) is 4.80. The van der Waals surface area contributed by atoms with E-state index in [1.165, 1.54) is 12.3 Å². The third kappa shape index (κ3) is 2.39. The zero-order chi connectivity index (χ0) is 13.3. The maximum Gasteiger partial charge on any atom is 0.194 e. The first-order valence-corrected chi connectivity index (χ1v) is 5.73. The van der Waals surface area contributed by atoms with Crippen LogP contribution in [0.2, 0.25) is 0 Å². The molecule has 2 aromatic rings. The van der Waals surface area contributed by atoms with Gasteiger partial charge in [-0.2, -0.15) is 0 Å². The first-order chi connectivity index (χ1) is 8.50. The summed E-state index contributed by atoms with van der Waals surface area (Å²) in [5.41, 5.74) is -0.216. The molecule has 1 aromatic heterocycles. The number of hydrogen-bond donors (Lipinski definition) is 1. The monoisotopic (exact) mass is 317 g/mol. The molecule has 0 aliphatic heterocycles. The Morgan fingerprint density at radius 3 is 2.39 bits per heavy atom. The Labute approximate surface area is 109 Å². The molecule has 0 saturated carbocycles. The molecule has 2 rings (SSSR count). The summed E-state index contributed by atoms with van der Waals surface area (Å²) in [6.07, 6.45) is -0.0377. The van der Waals surface area contributed by atoms with E-state index in [2.05, 4.69) is 20.9 Å². The fourth-order valence-corrected chi connectivity index (χ4v) is 1.69. The second-order valence-corrected chi connectivity index (χ2v) is 4.48. The standard InChI is InChI=1S/C12H7BrF3NO/c13-6-1-4-9(17-5-6)12(18)7-2-3-8(14)11(16)10(7)15/h1-5,12,18H. The van der Waals surface area contributed by atoms with Gasteiger partial charge in [0.1, 0.15) is 6.10 Å². The van der Waals surface area contributed by atoms with Crippen molar-refractivity contribution in [3.8, 4) is 0 Å². The van der Waals surface area contributed by atoms with Crippen LogP contribution in [0.25, 0.3) is 0 Å². The van der Waals surface area contributed by atoms with Gasteiger partial charge in [-0.15, -0.1) is 0 Å². The van der Waals surface area contributed by atoms with Gasteiger partial charge in [0, 0.05) is 16.2 Å². The fourth-order valence-electron chi connectivity index (χ4n) is 1.46. The second kappa shape index (κ2) is 5.07. The number of pyridine rings is 1. The van der Waals surface area contributed by atoms with Crippen molar-refractivity contribution in [2.45, 2.75) is 6.10 Å². The summed E-state index contributed by atoms with van der Waals surface area (Å²) >= 11 is 3.16. The van der Waals surface area contributed by atoms with Crippen LogP contribution in [0.15, 0.2) is 34.9 Å². The first kappa shape index (κ1) is 13.0. The smallest absolute Gasteiger partial charge is 0.194 e. The van der Waals surface area contributed by atoms with Gasteiger partial charge < -0.3 is 5.11 Å². The maximum atomic E-state index is 13.5. The Balaban J connectivity index is 2.43. The summed E-state index contributed by atoms with van der Waals surface area (Å²) in [4.78, 5) is 3.87. The van der Waals surface area contributed by atoms with Gasteiger partial charge in [-0.3, -0.25) is 4.98 Å². The van der Waals surface area contributed by atoms with Crippen molar-refractivity contribution >= 4 is 15.9 Å². The van der Waals surface area contributed by atoms with E-state index in [1.54, 1.807) is 6.07 Å². The minimum absolute atomic E-state index is 0.142. The van der Waals surface area contributed by atoms with E-state index in [1.807, 2.05) is 0 Å². The van der Waals surface area contributed by atoms with Crippen LogP contribution in [0, 0.1) is 17.5 Å². The number of benzene rings is 1. The van der Waals surface area contributed by atoms with Crippen LogP contribution in [0.1, 0.15) is 17.4 Å². The minimum atomic E-state index is -1.61. The molecule has 0 fully saturated rings. The molecule has 2 nitrogen and oxygen atoms in total. The van der Waals surface area contributed by atoms with Gasteiger partial charge in [-0.25, -0.2) is 13.2 Å². The first-order valence-electron chi connectivity index (χ1n) is 4.93. The largest absolute Gasteiger partial charge is 0.382 e. The van der Waals surface area contributed by atoms with Crippen molar-refractivity contribution in [2.75, 3.05) is 0 Å². The predicted octanol–water partition coefficient (Wildman–Crippen LogP) is 3.34. The summed E-state index contributed by atoms with van der Waals surface area (Å²) in [5.74, 6) is -4.32. The van der Waals surface area contributed by atoms with Gasteiger partial charge in [0.25, 0.3) is 0 Å². The van der Waals surface area contributed by atoms with Gasteiger partial charge in [0.2, 0.25) is 0 Å². The van der Waals surface area contributed by atoms with Gasteiger partial charge in [0.05, 0.1) is 5.69 Å². The van der Waals surface area contributed by atoms with E-state index in [0.717, 1.165) is 12.1 Å². The number of nitrogens with zero attached hydrogens (tertiary/aromatic N) is 1. The Kier molecular flexibility index (Phi) is 3.68. The Morgan fingerprint density at radius 2 is 1.78 bits per heavy atom. The molecular formula is C12H7BrF3NO. The summed E-state index contributed by atoms with van der Waals surface area (Å²) < 4.78 is 40.0. The lowest BCUT2D eigenvalue weighted by atomic mass is 10.0. The highest BCUT2D eigenvalue weighted by Crippen LogP contribution is 2.26. The van der Waals surface area contributed by atoms with Crippen molar-refractivity contribution in [3.63, 3.8) is 0 Å². The number of hydrogen-bond acceptors (Lipinski definition) is 2. The highest BCUT2D eigenvalue weighted by molar-refractivity contribution is 9.10. The maximum absolute atomic E-state index is 13.5. The third-order valence-corrected chi connectivity index (χ3v) is 2.86. The molecule has 1 aromatic carbocycles. The van der Waals surface area contributed by atoms with Crippen LogP contribution >= 0.6 is 15.9 Å². The highest BCUT2D eigenvalue weighted by Gasteiger charge is 2.21. The molecule has 1 atom stereocenters.